The van der Waals surface area contributed by atoms with Crippen LogP contribution in [-0.4, -0.2) is 12.2 Å². The maximum absolute atomic E-state index is 13.1. The fraction of sp³-hybridized carbons (Fsp3) is 0.250. The number of halogens is 2. The minimum Gasteiger partial charge on any atom is -0.504 e. The van der Waals surface area contributed by atoms with Crippen molar-refractivity contribution in [2.75, 3.05) is 7.11 Å². The van der Waals surface area contributed by atoms with Gasteiger partial charge in [-0.05, 0) is 15.9 Å². The molecule has 0 aliphatic heterocycles. The quantitative estimate of drug-likeness (QED) is 0.840. The summed E-state index contributed by atoms with van der Waals surface area (Å²) in [4.78, 5) is 0. The van der Waals surface area contributed by atoms with Crippen LogP contribution in [0, 0.1) is 5.82 Å². The summed E-state index contributed by atoms with van der Waals surface area (Å²) in [6, 6.07) is 1.10. The predicted molar refractivity (Wildman–Crippen MR) is 50.2 cm³/mol. The second kappa shape index (κ2) is 3.93. The third kappa shape index (κ3) is 1.76. The number of nitrogens with two attached hydrogens (primary N) is 1. The van der Waals surface area contributed by atoms with E-state index in [1.165, 1.54) is 7.11 Å². The highest BCUT2D eigenvalue weighted by molar-refractivity contribution is 9.10. The van der Waals surface area contributed by atoms with Crippen molar-refractivity contribution in [3.8, 4) is 11.5 Å². The number of methoxy groups -OCH3 is 1. The van der Waals surface area contributed by atoms with Gasteiger partial charge in [0.05, 0.1) is 11.6 Å². The molecule has 72 valence electrons. The molecule has 0 bridgehead atoms. The van der Waals surface area contributed by atoms with E-state index in [4.69, 9.17) is 10.5 Å². The normalized spacial score (nSPS) is 10.2. The van der Waals surface area contributed by atoms with E-state index in [1.54, 1.807) is 0 Å². The number of ether oxygens (including phenoxy) is 1. The second-order valence-electron chi connectivity index (χ2n) is 2.41. The van der Waals surface area contributed by atoms with E-state index >= 15 is 0 Å². The summed E-state index contributed by atoms with van der Waals surface area (Å²) in [6.07, 6.45) is 0. The summed E-state index contributed by atoms with van der Waals surface area (Å²) >= 11 is 2.98. The van der Waals surface area contributed by atoms with Crippen molar-refractivity contribution in [1.82, 2.24) is 0 Å². The maximum Gasteiger partial charge on any atom is 0.163 e. The van der Waals surface area contributed by atoms with Crippen LogP contribution in [0.4, 0.5) is 4.39 Å². The van der Waals surface area contributed by atoms with E-state index in [2.05, 4.69) is 15.9 Å². The number of hydrogen-bond donors (Lipinski definition) is 2. The minimum atomic E-state index is -0.505. The number of benzene rings is 1. The van der Waals surface area contributed by atoms with Crippen molar-refractivity contribution >= 4 is 15.9 Å². The Morgan fingerprint density at radius 1 is 1.69 bits per heavy atom. The molecule has 0 aromatic heterocycles. The average molecular weight is 250 g/mol. The summed E-state index contributed by atoms with van der Waals surface area (Å²) in [7, 11) is 1.35. The van der Waals surface area contributed by atoms with Crippen LogP contribution in [-0.2, 0) is 6.54 Å². The van der Waals surface area contributed by atoms with Crippen LogP contribution < -0.4 is 10.5 Å². The molecule has 1 aromatic rings. The van der Waals surface area contributed by atoms with Crippen LogP contribution in [0.2, 0.25) is 0 Å². The number of rotatable bonds is 2. The van der Waals surface area contributed by atoms with Crippen LogP contribution in [0.3, 0.4) is 0 Å². The van der Waals surface area contributed by atoms with E-state index in [1.807, 2.05) is 0 Å². The third-order valence-corrected chi connectivity index (χ3v) is 2.53. The lowest BCUT2D eigenvalue weighted by Gasteiger charge is -2.09. The molecular weight excluding hydrogens is 241 g/mol. The molecule has 0 aliphatic rings. The summed E-state index contributed by atoms with van der Waals surface area (Å²) in [5, 5.41) is 9.49. The van der Waals surface area contributed by atoms with Crippen molar-refractivity contribution in [2.24, 2.45) is 5.73 Å². The number of hydrogen-bond acceptors (Lipinski definition) is 3. The first-order chi connectivity index (χ1) is 6.11. The fourth-order valence-corrected chi connectivity index (χ4v) is 1.45. The van der Waals surface area contributed by atoms with Gasteiger partial charge in [0, 0.05) is 18.2 Å². The Kier molecular flexibility index (Phi) is 3.11. The topological polar surface area (TPSA) is 55.5 Å². The molecule has 0 aliphatic carbocycles. The van der Waals surface area contributed by atoms with Crippen LogP contribution in [0.15, 0.2) is 10.5 Å². The standard InChI is InChI=1S/C8H9BrFNO2/c1-13-6-2-5(10)7(9)4(3-11)8(6)12/h2,12H,3,11H2,1H3. The Labute approximate surface area is 83.4 Å². The minimum absolute atomic E-state index is 0.0422. The smallest absolute Gasteiger partial charge is 0.163 e. The van der Waals surface area contributed by atoms with Gasteiger partial charge >= 0.3 is 0 Å². The van der Waals surface area contributed by atoms with Gasteiger partial charge in [-0.15, -0.1) is 0 Å². The summed E-state index contributed by atoms with van der Waals surface area (Å²) in [5.74, 6) is -0.547. The number of phenols is 1. The van der Waals surface area contributed by atoms with Gasteiger partial charge in [-0.1, -0.05) is 0 Å². The molecule has 0 amide bonds. The molecule has 1 aromatic carbocycles. The van der Waals surface area contributed by atoms with E-state index in [-0.39, 0.29) is 22.5 Å². The van der Waals surface area contributed by atoms with Crippen molar-refractivity contribution in [3.63, 3.8) is 0 Å². The molecule has 3 nitrogen and oxygen atoms in total. The largest absolute Gasteiger partial charge is 0.504 e. The van der Waals surface area contributed by atoms with Crippen molar-refractivity contribution in [1.29, 1.82) is 0 Å². The van der Waals surface area contributed by atoms with Gasteiger partial charge in [-0.3, -0.25) is 0 Å². The van der Waals surface area contributed by atoms with Crippen LogP contribution >= 0.6 is 15.9 Å². The van der Waals surface area contributed by atoms with Crippen molar-refractivity contribution in [3.05, 3.63) is 21.9 Å². The van der Waals surface area contributed by atoms with Gasteiger partial charge in [0.2, 0.25) is 0 Å². The number of phenolic OH excluding ortho intramolecular Hbond substituents is 1. The lowest BCUT2D eigenvalue weighted by atomic mass is 10.2. The second-order valence-corrected chi connectivity index (χ2v) is 3.20. The molecule has 13 heavy (non-hydrogen) atoms. The SMILES string of the molecule is COc1cc(F)c(Br)c(CN)c1O. The molecule has 0 saturated heterocycles. The third-order valence-electron chi connectivity index (χ3n) is 1.68. The van der Waals surface area contributed by atoms with Crippen LogP contribution in [0.5, 0.6) is 11.5 Å². The van der Waals surface area contributed by atoms with E-state index in [9.17, 15) is 9.50 Å². The van der Waals surface area contributed by atoms with Gasteiger partial charge in [-0.25, -0.2) is 4.39 Å². The first-order valence-corrected chi connectivity index (χ1v) is 4.35. The van der Waals surface area contributed by atoms with Crippen molar-refractivity contribution < 1.29 is 14.2 Å². The predicted octanol–water partition coefficient (Wildman–Crippen LogP) is 1.76. The zero-order chi connectivity index (χ0) is 10.0. The molecule has 0 heterocycles. The molecule has 0 radical (unpaired) electrons. The van der Waals surface area contributed by atoms with Gasteiger partial charge in [-0.2, -0.15) is 0 Å². The van der Waals surface area contributed by atoms with E-state index in [0.717, 1.165) is 6.07 Å². The zero-order valence-electron chi connectivity index (χ0n) is 6.97. The van der Waals surface area contributed by atoms with Gasteiger partial charge in [0.25, 0.3) is 0 Å². The highest BCUT2D eigenvalue weighted by Gasteiger charge is 2.15. The first kappa shape index (κ1) is 10.3. The zero-order valence-corrected chi connectivity index (χ0v) is 8.56. The summed E-state index contributed by atoms with van der Waals surface area (Å²) < 4.78 is 18.0. The Morgan fingerprint density at radius 2 is 2.31 bits per heavy atom. The molecule has 1 rings (SSSR count). The molecule has 0 atom stereocenters. The first-order valence-electron chi connectivity index (χ1n) is 3.55. The molecule has 0 unspecified atom stereocenters. The monoisotopic (exact) mass is 249 g/mol. The molecule has 0 fully saturated rings. The average Bonchev–Trinajstić information content (AvgIpc) is 2.12. The Hall–Kier alpha value is -0.810. The molecule has 5 heteroatoms. The molecule has 0 spiro atoms. The van der Waals surface area contributed by atoms with Crippen molar-refractivity contribution in [2.45, 2.75) is 6.54 Å². The van der Waals surface area contributed by atoms with Gasteiger partial charge in [0.15, 0.2) is 11.5 Å². The Bertz CT molecular complexity index is 330. The summed E-state index contributed by atoms with van der Waals surface area (Å²) in [5.41, 5.74) is 5.63. The van der Waals surface area contributed by atoms with E-state index in [0.29, 0.717) is 5.56 Å². The highest BCUT2D eigenvalue weighted by Crippen LogP contribution is 2.36. The highest BCUT2D eigenvalue weighted by atomic mass is 79.9. The lowest BCUT2D eigenvalue weighted by molar-refractivity contribution is 0.366. The fourth-order valence-electron chi connectivity index (χ4n) is 0.986. The van der Waals surface area contributed by atoms with Gasteiger partial charge < -0.3 is 15.6 Å². The Morgan fingerprint density at radius 3 is 2.77 bits per heavy atom. The van der Waals surface area contributed by atoms with Crippen LogP contribution in [0.25, 0.3) is 0 Å². The number of aromatic hydroxyl groups is 1. The molecule has 0 saturated carbocycles. The van der Waals surface area contributed by atoms with Gasteiger partial charge in [0.1, 0.15) is 5.82 Å². The lowest BCUT2D eigenvalue weighted by Crippen LogP contribution is -2.01. The van der Waals surface area contributed by atoms with E-state index < -0.39 is 5.82 Å². The molecular formula is C8H9BrFNO2. The van der Waals surface area contributed by atoms with Crippen LogP contribution in [0.1, 0.15) is 5.56 Å². The summed E-state index contributed by atoms with van der Waals surface area (Å²) in [6.45, 7) is 0.0422. The maximum atomic E-state index is 13.1. The Balaban J connectivity index is 3.39. The molecule has 3 N–H and O–H groups in total.